The predicted octanol–water partition coefficient (Wildman–Crippen LogP) is 1.47. The number of aliphatic hydroxyl groups excluding tert-OH is 1. The fourth-order valence-electron chi connectivity index (χ4n) is 1.40. The summed E-state index contributed by atoms with van der Waals surface area (Å²) in [5.74, 6) is 0.157. The number of hydrogen-bond donors (Lipinski definition) is 3. The van der Waals surface area contributed by atoms with Crippen LogP contribution in [0.4, 0.5) is 0 Å². The molecule has 0 aromatic heterocycles. The summed E-state index contributed by atoms with van der Waals surface area (Å²) in [7, 11) is 0. The van der Waals surface area contributed by atoms with Gasteiger partial charge in [0.1, 0.15) is 5.75 Å². The number of phenols is 1. The third-order valence-electron chi connectivity index (χ3n) is 2.38. The molecule has 0 heterocycles. The van der Waals surface area contributed by atoms with Crippen LogP contribution >= 0.6 is 0 Å². The van der Waals surface area contributed by atoms with E-state index in [1.807, 2.05) is 19.9 Å². The second kappa shape index (κ2) is 4.44. The van der Waals surface area contributed by atoms with Crippen LogP contribution in [0.5, 0.6) is 5.75 Å². The number of nitrogens with two attached hydrogens (primary N) is 1. The topological polar surface area (TPSA) is 66.5 Å². The van der Waals surface area contributed by atoms with Crippen LogP contribution in [0.2, 0.25) is 0 Å². The summed E-state index contributed by atoms with van der Waals surface area (Å²) in [5.41, 5.74) is 7.37. The lowest BCUT2D eigenvalue weighted by Crippen LogP contribution is -2.25. The van der Waals surface area contributed by atoms with Crippen molar-refractivity contribution in [3.05, 3.63) is 29.3 Å². The largest absolute Gasteiger partial charge is 0.508 e. The maximum Gasteiger partial charge on any atom is 0.120 e. The highest BCUT2D eigenvalue weighted by Gasteiger charge is 2.17. The van der Waals surface area contributed by atoms with E-state index in [9.17, 15) is 10.2 Å². The van der Waals surface area contributed by atoms with Gasteiger partial charge in [-0.15, -0.1) is 0 Å². The van der Waals surface area contributed by atoms with Crippen molar-refractivity contribution in [2.45, 2.75) is 32.4 Å². The summed E-state index contributed by atoms with van der Waals surface area (Å²) < 4.78 is 0. The first kappa shape index (κ1) is 11.0. The summed E-state index contributed by atoms with van der Waals surface area (Å²) >= 11 is 0. The first-order valence-electron chi connectivity index (χ1n) is 4.79. The Labute approximate surface area is 84.2 Å². The standard InChI is InChI=1S/C11H17NO2/c1-3-9(13)11(12)8-5-4-7(2)6-10(8)14/h4-6,9,11,13-14H,3,12H2,1-2H3. The summed E-state index contributed by atoms with van der Waals surface area (Å²) in [5, 5.41) is 19.2. The molecule has 3 heteroatoms. The lowest BCUT2D eigenvalue weighted by atomic mass is 9.98. The minimum atomic E-state index is -0.608. The summed E-state index contributed by atoms with van der Waals surface area (Å²) in [6, 6.07) is 4.77. The van der Waals surface area contributed by atoms with Gasteiger partial charge in [0, 0.05) is 5.56 Å². The lowest BCUT2D eigenvalue weighted by molar-refractivity contribution is 0.139. The molecule has 78 valence electrons. The molecule has 3 nitrogen and oxygen atoms in total. The van der Waals surface area contributed by atoms with E-state index in [0.29, 0.717) is 12.0 Å². The Bertz CT molecular complexity index is 312. The number of aliphatic hydroxyl groups is 1. The Hall–Kier alpha value is -1.06. The minimum absolute atomic E-state index is 0.157. The molecule has 2 atom stereocenters. The summed E-state index contributed by atoms with van der Waals surface area (Å²) in [6.07, 6.45) is -0.0299. The molecule has 0 amide bonds. The van der Waals surface area contributed by atoms with Crippen LogP contribution in [-0.2, 0) is 0 Å². The van der Waals surface area contributed by atoms with E-state index in [1.165, 1.54) is 0 Å². The molecule has 1 aromatic carbocycles. The van der Waals surface area contributed by atoms with Crippen molar-refractivity contribution in [2.75, 3.05) is 0 Å². The highest BCUT2D eigenvalue weighted by Crippen LogP contribution is 2.26. The predicted molar refractivity (Wildman–Crippen MR) is 56.1 cm³/mol. The molecule has 4 N–H and O–H groups in total. The van der Waals surface area contributed by atoms with Crippen LogP contribution in [0, 0.1) is 6.92 Å². The fraction of sp³-hybridized carbons (Fsp3) is 0.455. The van der Waals surface area contributed by atoms with Crippen LogP contribution in [-0.4, -0.2) is 16.3 Å². The molecule has 0 radical (unpaired) electrons. The number of hydrogen-bond acceptors (Lipinski definition) is 3. The van der Waals surface area contributed by atoms with Crippen molar-refractivity contribution in [3.63, 3.8) is 0 Å². The molecule has 1 rings (SSSR count). The van der Waals surface area contributed by atoms with Gasteiger partial charge >= 0.3 is 0 Å². The maximum absolute atomic E-state index is 9.62. The minimum Gasteiger partial charge on any atom is -0.508 e. The van der Waals surface area contributed by atoms with E-state index in [-0.39, 0.29) is 5.75 Å². The van der Waals surface area contributed by atoms with Crippen LogP contribution < -0.4 is 5.73 Å². The lowest BCUT2D eigenvalue weighted by Gasteiger charge is -2.18. The van der Waals surface area contributed by atoms with Crippen molar-refractivity contribution in [3.8, 4) is 5.75 Å². The van der Waals surface area contributed by atoms with Gasteiger partial charge in [-0.2, -0.15) is 0 Å². The van der Waals surface area contributed by atoms with Gasteiger partial charge in [0.2, 0.25) is 0 Å². The van der Waals surface area contributed by atoms with Crippen LogP contribution in [0.25, 0.3) is 0 Å². The zero-order valence-corrected chi connectivity index (χ0v) is 8.57. The SMILES string of the molecule is CCC(O)C(N)c1ccc(C)cc1O. The normalized spacial score (nSPS) is 15.1. The Morgan fingerprint density at radius 1 is 1.43 bits per heavy atom. The number of aryl methyl sites for hydroxylation is 1. The molecule has 1 aromatic rings. The molecule has 14 heavy (non-hydrogen) atoms. The number of benzene rings is 1. The molecule has 2 unspecified atom stereocenters. The summed E-state index contributed by atoms with van der Waals surface area (Å²) in [6.45, 7) is 3.75. The van der Waals surface area contributed by atoms with Crippen molar-refractivity contribution >= 4 is 0 Å². The van der Waals surface area contributed by atoms with E-state index in [1.54, 1.807) is 12.1 Å². The van der Waals surface area contributed by atoms with Gasteiger partial charge < -0.3 is 15.9 Å². The van der Waals surface area contributed by atoms with E-state index in [4.69, 9.17) is 5.73 Å². The molecule has 0 saturated heterocycles. The number of rotatable bonds is 3. The zero-order valence-electron chi connectivity index (χ0n) is 8.57. The Kier molecular flexibility index (Phi) is 3.49. The highest BCUT2D eigenvalue weighted by molar-refractivity contribution is 5.38. The second-order valence-corrected chi connectivity index (χ2v) is 3.56. The van der Waals surface area contributed by atoms with Crippen LogP contribution in [0.1, 0.15) is 30.5 Å². The van der Waals surface area contributed by atoms with Crippen molar-refractivity contribution < 1.29 is 10.2 Å². The van der Waals surface area contributed by atoms with Crippen LogP contribution in [0.15, 0.2) is 18.2 Å². The number of phenolic OH excluding ortho intramolecular Hbond substituents is 1. The molecule has 0 fully saturated rings. The molecule has 0 saturated carbocycles. The average molecular weight is 195 g/mol. The Morgan fingerprint density at radius 2 is 2.07 bits per heavy atom. The molecule has 0 spiro atoms. The maximum atomic E-state index is 9.62. The smallest absolute Gasteiger partial charge is 0.120 e. The summed E-state index contributed by atoms with van der Waals surface area (Å²) in [4.78, 5) is 0. The first-order valence-corrected chi connectivity index (χ1v) is 4.79. The van der Waals surface area contributed by atoms with E-state index < -0.39 is 12.1 Å². The van der Waals surface area contributed by atoms with Crippen molar-refractivity contribution in [1.82, 2.24) is 0 Å². The molecular weight excluding hydrogens is 178 g/mol. The monoisotopic (exact) mass is 195 g/mol. The first-order chi connectivity index (χ1) is 6.56. The third-order valence-corrected chi connectivity index (χ3v) is 2.38. The van der Waals surface area contributed by atoms with Gasteiger partial charge in [0.25, 0.3) is 0 Å². The molecule has 0 bridgehead atoms. The van der Waals surface area contributed by atoms with Gasteiger partial charge in [-0.3, -0.25) is 0 Å². The van der Waals surface area contributed by atoms with Crippen molar-refractivity contribution in [1.29, 1.82) is 0 Å². The number of aromatic hydroxyl groups is 1. The van der Waals surface area contributed by atoms with E-state index in [2.05, 4.69) is 0 Å². The Morgan fingerprint density at radius 3 is 2.57 bits per heavy atom. The zero-order chi connectivity index (χ0) is 10.7. The van der Waals surface area contributed by atoms with Gasteiger partial charge in [0.05, 0.1) is 12.1 Å². The van der Waals surface area contributed by atoms with Crippen molar-refractivity contribution in [2.24, 2.45) is 5.73 Å². The van der Waals surface area contributed by atoms with E-state index >= 15 is 0 Å². The highest BCUT2D eigenvalue weighted by atomic mass is 16.3. The molecule has 0 aliphatic carbocycles. The molecular formula is C11H17NO2. The average Bonchev–Trinajstić information content (AvgIpc) is 2.15. The molecule has 0 aliphatic rings. The fourth-order valence-corrected chi connectivity index (χ4v) is 1.40. The van der Waals surface area contributed by atoms with Gasteiger partial charge in [-0.1, -0.05) is 19.1 Å². The third kappa shape index (κ3) is 2.25. The van der Waals surface area contributed by atoms with Gasteiger partial charge in [0.15, 0.2) is 0 Å². The van der Waals surface area contributed by atoms with Gasteiger partial charge in [-0.05, 0) is 25.0 Å². The van der Waals surface area contributed by atoms with Crippen LogP contribution in [0.3, 0.4) is 0 Å². The van der Waals surface area contributed by atoms with E-state index in [0.717, 1.165) is 5.56 Å². The quantitative estimate of drug-likeness (QED) is 0.684. The van der Waals surface area contributed by atoms with Gasteiger partial charge in [-0.25, -0.2) is 0 Å². The molecule has 0 aliphatic heterocycles. The second-order valence-electron chi connectivity index (χ2n) is 3.56. The Balaban J connectivity index is 2.95.